The summed E-state index contributed by atoms with van der Waals surface area (Å²) in [7, 11) is 0. The zero-order valence-electron chi connectivity index (χ0n) is 9.49. The lowest BCUT2D eigenvalue weighted by Crippen LogP contribution is -2.37. The fourth-order valence-corrected chi connectivity index (χ4v) is 2.18. The first-order valence-corrected chi connectivity index (χ1v) is 6.38. The second-order valence-corrected chi connectivity index (χ2v) is 4.93. The molecule has 0 aliphatic carbocycles. The Morgan fingerprint density at radius 2 is 2.33 bits per heavy atom. The number of nitro groups is 1. The summed E-state index contributed by atoms with van der Waals surface area (Å²) < 4.78 is 19.0. The highest BCUT2D eigenvalue weighted by Gasteiger charge is 2.23. The van der Waals surface area contributed by atoms with Gasteiger partial charge in [-0.25, -0.2) is 4.39 Å². The molecule has 2 rings (SSSR count). The maximum atomic E-state index is 13.3. The summed E-state index contributed by atoms with van der Waals surface area (Å²) in [5, 5.41) is 14.0. The van der Waals surface area contributed by atoms with Crippen LogP contribution in [0, 0.1) is 15.9 Å². The Balaban J connectivity index is 2.24. The lowest BCUT2D eigenvalue weighted by Gasteiger charge is -2.23. The second kappa shape index (κ2) is 5.62. The molecule has 1 N–H and O–H groups in total. The predicted octanol–water partition coefficient (Wildman–Crippen LogP) is 2.63. The second-order valence-electron chi connectivity index (χ2n) is 4.08. The minimum Gasteiger partial charge on any atom is -0.482 e. The van der Waals surface area contributed by atoms with Crippen LogP contribution in [-0.2, 0) is 0 Å². The van der Waals surface area contributed by atoms with Crippen LogP contribution in [0.2, 0.25) is 0 Å². The molecule has 1 saturated heterocycles. The molecule has 0 radical (unpaired) electrons. The van der Waals surface area contributed by atoms with E-state index in [9.17, 15) is 14.5 Å². The van der Waals surface area contributed by atoms with Gasteiger partial charge in [0, 0.05) is 12.6 Å². The lowest BCUT2D eigenvalue weighted by atomic mass is 10.1. The van der Waals surface area contributed by atoms with Gasteiger partial charge in [0.2, 0.25) is 0 Å². The van der Waals surface area contributed by atoms with E-state index in [0.717, 1.165) is 25.5 Å². The van der Waals surface area contributed by atoms with Crippen molar-refractivity contribution in [3.05, 3.63) is 32.5 Å². The van der Waals surface area contributed by atoms with Crippen molar-refractivity contribution >= 4 is 21.6 Å². The standard InChI is InChI=1S/C11H12BrFN2O3/c12-8-4-11(10(15(16)17)5-9(8)13)18-7-2-1-3-14-6-7/h4-5,7,14H,1-3,6H2. The van der Waals surface area contributed by atoms with Gasteiger partial charge in [-0.1, -0.05) is 0 Å². The van der Waals surface area contributed by atoms with Crippen molar-refractivity contribution in [2.24, 2.45) is 0 Å². The first-order valence-electron chi connectivity index (χ1n) is 5.58. The van der Waals surface area contributed by atoms with E-state index in [1.165, 1.54) is 6.07 Å². The molecule has 1 fully saturated rings. The number of halogens is 2. The topological polar surface area (TPSA) is 64.4 Å². The Labute approximate surface area is 112 Å². The van der Waals surface area contributed by atoms with Crippen molar-refractivity contribution in [2.45, 2.75) is 18.9 Å². The molecule has 18 heavy (non-hydrogen) atoms. The first kappa shape index (κ1) is 13.2. The molecule has 0 saturated carbocycles. The minimum atomic E-state index is -0.671. The number of nitrogens with zero attached hydrogens (tertiary/aromatic N) is 1. The molecule has 0 amide bonds. The Morgan fingerprint density at radius 3 is 2.94 bits per heavy atom. The number of rotatable bonds is 3. The third-order valence-corrected chi connectivity index (χ3v) is 3.35. The predicted molar refractivity (Wildman–Crippen MR) is 67.3 cm³/mol. The van der Waals surface area contributed by atoms with Crippen molar-refractivity contribution < 1.29 is 14.1 Å². The number of nitro benzene ring substituents is 1. The van der Waals surface area contributed by atoms with E-state index >= 15 is 0 Å². The van der Waals surface area contributed by atoms with Crippen molar-refractivity contribution in [1.82, 2.24) is 5.32 Å². The molecule has 1 aliphatic rings. The first-order chi connectivity index (χ1) is 8.58. The van der Waals surface area contributed by atoms with Crippen LogP contribution in [0.25, 0.3) is 0 Å². The normalized spacial score (nSPS) is 19.6. The van der Waals surface area contributed by atoms with Crippen LogP contribution in [-0.4, -0.2) is 24.1 Å². The Morgan fingerprint density at radius 1 is 1.56 bits per heavy atom. The smallest absolute Gasteiger partial charge is 0.313 e. The molecule has 1 aromatic carbocycles. The molecular weight excluding hydrogens is 307 g/mol. The summed E-state index contributed by atoms with van der Waals surface area (Å²) in [4.78, 5) is 10.2. The van der Waals surface area contributed by atoms with E-state index in [-0.39, 0.29) is 22.0 Å². The number of benzene rings is 1. The number of piperidine rings is 1. The highest BCUT2D eigenvalue weighted by molar-refractivity contribution is 9.10. The van der Waals surface area contributed by atoms with Crippen LogP contribution >= 0.6 is 15.9 Å². The number of hydrogen-bond donors (Lipinski definition) is 1. The monoisotopic (exact) mass is 318 g/mol. The minimum absolute atomic E-state index is 0.0991. The molecule has 1 aliphatic heterocycles. The molecule has 0 bridgehead atoms. The van der Waals surface area contributed by atoms with Crippen LogP contribution < -0.4 is 10.1 Å². The van der Waals surface area contributed by atoms with Gasteiger partial charge in [0.15, 0.2) is 5.75 Å². The van der Waals surface area contributed by atoms with E-state index in [0.29, 0.717) is 6.54 Å². The summed E-state index contributed by atoms with van der Waals surface area (Å²) in [5.74, 6) is -0.571. The van der Waals surface area contributed by atoms with E-state index in [2.05, 4.69) is 21.2 Å². The van der Waals surface area contributed by atoms with Crippen LogP contribution in [0.5, 0.6) is 5.75 Å². The fraction of sp³-hybridized carbons (Fsp3) is 0.455. The third kappa shape index (κ3) is 2.97. The van der Waals surface area contributed by atoms with E-state index in [1.807, 2.05) is 0 Å². The van der Waals surface area contributed by atoms with Crippen LogP contribution in [0.3, 0.4) is 0 Å². The van der Waals surface area contributed by atoms with Gasteiger partial charge in [-0.05, 0) is 35.3 Å². The zero-order chi connectivity index (χ0) is 13.1. The highest BCUT2D eigenvalue weighted by atomic mass is 79.9. The number of nitrogens with one attached hydrogen (secondary N) is 1. The van der Waals surface area contributed by atoms with E-state index in [1.54, 1.807) is 0 Å². The molecule has 1 unspecified atom stereocenters. The maximum absolute atomic E-state index is 13.3. The summed E-state index contributed by atoms with van der Waals surface area (Å²) in [6.45, 7) is 1.57. The number of ether oxygens (including phenoxy) is 1. The van der Waals surface area contributed by atoms with Gasteiger partial charge in [0.05, 0.1) is 15.5 Å². The van der Waals surface area contributed by atoms with Crippen molar-refractivity contribution in [3.63, 3.8) is 0 Å². The molecule has 1 atom stereocenters. The largest absolute Gasteiger partial charge is 0.482 e. The molecule has 1 aromatic rings. The van der Waals surface area contributed by atoms with Crippen LogP contribution in [0.15, 0.2) is 16.6 Å². The fourth-order valence-electron chi connectivity index (χ4n) is 1.86. The summed E-state index contributed by atoms with van der Waals surface area (Å²) in [5.41, 5.74) is -0.346. The summed E-state index contributed by atoms with van der Waals surface area (Å²) in [6.07, 6.45) is 1.68. The molecule has 0 aromatic heterocycles. The SMILES string of the molecule is O=[N+]([O-])c1cc(F)c(Br)cc1OC1CCCNC1. The molecule has 7 heteroatoms. The third-order valence-electron chi connectivity index (χ3n) is 2.74. The van der Waals surface area contributed by atoms with Gasteiger partial charge in [-0.2, -0.15) is 0 Å². The lowest BCUT2D eigenvalue weighted by molar-refractivity contribution is -0.386. The van der Waals surface area contributed by atoms with E-state index < -0.39 is 10.7 Å². The molecule has 1 heterocycles. The molecule has 5 nitrogen and oxygen atoms in total. The van der Waals surface area contributed by atoms with Crippen molar-refractivity contribution in [1.29, 1.82) is 0 Å². The van der Waals surface area contributed by atoms with Crippen LogP contribution in [0.1, 0.15) is 12.8 Å². The summed E-state index contributed by atoms with van der Waals surface area (Å²) >= 11 is 3.00. The Hall–Kier alpha value is -1.21. The quantitative estimate of drug-likeness (QED) is 0.687. The average Bonchev–Trinajstić information content (AvgIpc) is 2.34. The molecular formula is C11H12BrFN2O3. The van der Waals surface area contributed by atoms with Gasteiger partial charge in [-0.15, -0.1) is 0 Å². The maximum Gasteiger partial charge on any atom is 0.313 e. The van der Waals surface area contributed by atoms with Gasteiger partial charge >= 0.3 is 5.69 Å². The van der Waals surface area contributed by atoms with Gasteiger partial charge in [0.1, 0.15) is 11.9 Å². The molecule has 0 spiro atoms. The van der Waals surface area contributed by atoms with Crippen molar-refractivity contribution in [3.8, 4) is 5.75 Å². The van der Waals surface area contributed by atoms with E-state index in [4.69, 9.17) is 4.74 Å². The van der Waals surface area contributed by atoms with Gasteiger partial charge < -0.3 is 10.1 Å². The zero-order valence-corrected chi connectivity index (χ0v) is 11.1. The Bertz CT molecular complexity index is 464. The highest BCUT2D eigenvalue weighted by Crippen LogP contribution is 2.33. The number of hydrogen-bond acceptors (Lipinski definition) is 4. The van der Waals surface area contributed by atoms with Crippen molar-refractivity contribution in [2.75, 3.05) is 13.1 Å². The summed E-state index contributed by atoms with van der Waals surface area (Å²) in [6, 6.07) is 2.18. The molecule has 98 valence electrons. The van der Waals surface area contributed by atoms with Crippen LogP contribution in [0.4, 0.5) is 10.1 Å². The van der Waals surface area contributed by atoms with Gasteiger partial charge in [0.25, 0.3) is 0 Å². The Kier molecular flexibility index (Phi) is 4.13. The average molecular weight is 319 g/mol. The van der Waals surface area contributed by atoms with Gasteiger partial charge in [-0.3, -0.25) is 10.1 Å².